The van der Waals surface area contributed by atoms with Crippen molar-refractivity contribution in [2.45, 2.75) is 18.8 Å². The third kappa shape index (κ3) is 2.94. The van der Waals surface area contributed by atoms with E-state index in [9.17, 15) is 4.79 Å². The molecular weight excluding hydrogens is 240 g/mol. The number of ether oxygens (including phenoxy) is 1. The van der Waals surface area contributed by atoms with Crippen LogP contribution in [0.15, 0.2) is 24.3 Å². The number of hydrogen-bond donors (Lipinski definition) is 0. The van der Waals surface area contributed by atoms with Crippen LogP contribution >= 0.6 is 0 Å². The van der Waals surface area contributed by atoms with Crippen molar-refractivity contribution in [3.63, 3.8) is 0 Å². The van der Waals surface area contributed by atoms with Crippen molar-refractivity contribution in [2.75, 3.05) is 26.8 Å². The molecule has 0 saturated carbocycles. The van der Waals surface area contributed by atoms with Gasteiger partial charge in [-0.25, -0.2) is 0 Å². The molecule has 0 heterocycles. The van der Waals surface area contributed by atoms with Crippen LogP contribution in [0.2, 0.25) is 0 Å². The molecule has 0 aromatic heterocycles. The number of benzene rings is 1. The molecule has 0 aliphatic heterocycles. The molecule has 4 nitrogen and oxygen atoms in total. The molecule has 0 saturated heterocycles. The van der Waals surface area contributed by atoms with Crippen molar-refractivity contribution in [2.24, 2.45) is 0 Å². The number of fused-ring (bicyclic) bond motifs is 1. The first-order chi connectivity index (χ1) is 9.27. The summed E-state index contributed by atoms with van der Waals surface area (Å²) in [4.78, 5) is 14.2. The first-order valence-corrected chi connectivity index (χ1v) is 6.50. The molecule has 1 amide bonds. The van der Waals surface area contributed by atoms with Crippen molar-refractivity contribution >= 4 is 5.91 Å². The third-order valence-corrected chi connectivity index (χ3v) is 3.52. The van der Waals surface area contributed by atoms with Crippen LogP contribution in [-0.2, 0) is 16.0 Å². The maximum absolute atomic E-state index is 12.5. The SMILES string of the molecule is COCCN(CCC#N)C(=O)C1Cc2ccccc21. The zero-order valence-corrected chi connectivity index (χ0v) is 11.1. The lowest BCUT2D eigenvalue weighted by atomic mass is 9.77. The normalized spacial score (nSPS) is 16.1. The topological polar surface area (TPSA) is 53.3 Å². The Hall–Kier alpha value is -1.86. The van der Waals surface area contributed by atoms with Gasteiger partial charge in [0.2, 0.25) is 5.91 Å². The molecule has 19 heavy (non-hydrogen) atoms. The monoisotopic (exact) mass is 258 g/mol. The van der Waals surface area contributed by atoms with Gasteiger partial charge >= 0.3 is 0 Å². The Labute approximate surface area is 113 Å². The summed E-state index contributed by atoms with van der Waals surface area (Å²) in [7, 11) is 1.62. The highest BCUT2D eigenvalue weighted by Gasteiger charge is 2.34. The summed E-state index contributed by atoms with van der Waals surface area (Å²) in [6, 6.07) is 10.1. The fourth-order valence-corrected chi connectivity index (χ4v) is 2.42. The number of hydrogen-bond acceptors (Lipinski definition) is 3. The van der Waals surface area contributed by atoms with Crippen molar-refractivity contribution in [1.82, 2.24) is 4.90 Å². The van der Waals surface area contributed by atoms with E-state index in [-0.39, 0.29) is 11.8 Å². The number of amides is 1. The van der Waals surface area contributed by atoms with Crippen LogP contribution in [0.3, 0.4) is 0 Å². The first kappa shape index (κ1) is 13.6. The van der Waals surface area contributed by atoms with E-state index in [0.29, 0.717) is 26.1 Å². The molecule has 1 aliphatic carbocycles. The Kier molecular flexibility index (Phi) is 4.53. The standard InChI is InChI=1S/C15H18N2O2/c1-19-10-9-17(8-4-7-16)15(18)14-11-12-5-2-3-6-13(12)14/h2-3,5-6,14H,4,8-11H2,1H3. The van der Waals surface area contributed by atoms with Gasteiger partial charge in [0.25, 0.3) is 0 Å². The lowest BCUT2D eigenvalue weighted by molar-refractivity contribution is -0.134. The molecule has 2 rings (SSSR count). The van der Waals surface area contributed by atoms with Crippen LogP contribution in [0.1, 0.15) is 23.5 Å². The van der Waals surface area contributed by atoms with Gasteiger partial charge in [0.05, 0.1) is 25.0 Å². The van der Waals surface area contributed by atoms with E-state index in [1.54, 1.807) is 12.0 Å². The van der Waals surface area contributed by atoms with Crippen molar-refractivity contribution in [1.29, 1.82) is 5.26 Å². The van der Waals surface area contributed by atoms with E-state index in [1.165, 1.54) is 5.56 Å². The summed E-state index contributed by atoms with van der Waals surface area (Å²) in [6.07, 6.45) is 1.18. The fraction of sp³-hybridized carbons (Fsp3) is 0.467. The lowest BCUT2D eigenvalue weighted by Gasteiger charge is -2.33. The molecule has 1 aromatic carbocycles. The van der Waals surface area contributed by atoms with Gasteiger partial charge in [-0.15, -0.1) is 0 Å². The minimum absolute atomic E-state index is 0.0354. The Morgan fingerprint density at radius 2 is 2.26 bits per heavy atom. The summed E-state index contributed by atoms with van der Waals surface area (Å²) >= 11 is 0. The van der Waals surface area contributed by atoms with Gasteiger partial charge in [0.1, 0.15) is 0 Å². The predicted molar refractivity (Wildman–Crippen MR) is 71.6 cm³/mol. The Morgan fingerprint density at radius 3 is 2.95 bits per heavy atom. The largest absolute Gasteiger partial charge is 0.383 e. The summed E-state index contributed by atoms with van der Waals surface area (Å²) in [5.41, 5.74) is 2.39. The van der Waals surface area contributed by atoms with Gasteiger partial charge in [0, 0.05) is 20.2 Å². The van der Waals surface area contributed by atoms with Crippen LogP contribution in [0.25, 0.3) is 0 Å². The number of carbonyl (C=O) groups excluding carboxylic acids is 1. The summed E-state index contributed by atoms with van der Waals surface area (Å²) in [5, 5.41) is 8.67. The molecule has 1 aromatic rings. The molecular formula is C15H18N2O2. The van der Waals surface area contributed by atoms with Gasteiger partial charge in [0.15, 0.2) is 0 Å². The maximum atomic E-state index is 12.5. The van der Waals surface area contributed by atoms with Gasteiger partial charge in [-0.2, -0.15) is 5.26 Å². The number of nitrogens with zero attached hydrogens (tertiary/aromatic N) is 2. The maximum Gasteiger partial charge on any atom is 0.230 e. The van der Waals surface area contributed by atoms with E-state index in [0.717, 1.165) is 12.0 Å². The zero-order valence-electron chi connectivity index (χ0n) is 11.1. The van der Waals surface area contributed by atoms with Crippen LogP contribution < -0.4 is 0 Å². The quantitative estimate of drug-likeness (QED) is 0.780. The molecule has 1 aliphatic rings. The summed E-state index contributed by atoms with van der Waals surface area (Å²) in [6.45, 7) is 1.54. The Morgan fingerprint density at radius 1 is 1.47 bits per heavy atom. The van der Waals surface area contributed by atoms with Crippen LogP contribution in [-0.4, -0.2) is 37.6 Å². The summed E-state index contributed by atoms with van der Waals surface area (Å²) < 4.78 is 5.03. The second-order valence-electron chi connectivity index (χ2n) is 4.68. The highest BCUT2D eigenvalue weighted by molar-refractivity contribution is 5.87. The molecule has 0 bridgehead atoms. The minimum Gasteiger partial charge on any atom is -0.383 e. The zero-order chi connectivity index (χ0) is 13.7. The van der Waals surface area contributed by atoms with Gasteiger partial charge in [-0.1, -0.05) is 24.3 Å². The van der Waals surface area contributed by atoms with Crippen molar-refractivity contribution < 1.29 is 9.53 Å². The first-order valence-electron chi connectivity index (χ1n) is 6.50. The van der Waals surface area contributed by atoms with Crippen LogP contribution in [0.4, 0.5) is 0 Å². The molecule has 0 spiro atoms. The smallest absolute Gasteiger partial charge is 0.230 e. The summed E-state index contributed by atoms with van der Waals surface area (Å²) in [5.74, 6) is 0.0812. The van der Waals surface area contributed by atoms with E-state index in [2.05, 4.69) is 12.1 Å². The second-order valence-corrected chi connectivity index (χ2v) is 4.68. The van der Waals surface area contributed by atoms with E-state index >= 15 is 0 Å². The molecule has 100 valence electrons. The molecule has 0 fully saturated rings. The average Bonchev–Trinajstić information content (AvgIpc) is 2.40. The lowest BCUT2D eigenvalue weighted by Crippen LogP contribution is -2.41. The third-order valence-electron chi connectivity index (χ3n) is 3.52. The van der Waals surface area contributed by atoms with E-state index in [1.807, 2.05) is 18.2 Å². The van der Waals surface area contributed by atoms with Crippen LogP contribution in [0.5, 0.6) is 0 Å². The van der Waals surface area contributed by atoms with Crippen LogP contribution in [0, 0.1) is 11.3 Å². The fourth-order valence-electron chi connectivity index (χ4n) is 2.42. The molecule has 4 heteroatoms. The Balaban J connectivity index is 2.02. The molecule has 1 unspecified atom stereocenters. The van der Waals surface area contributed by atoms with Gasteiger partial charge in [-0.05, 0) is 17.5 Å². The highest BCUT2D eigenvalue weighted by atomic mass is 16.5. The minimum atomic E-state index is -0.0354. The number of rotatable bonds is 6. The molecule has 1 atom stereocenters. The van der Waals surface area contributed by atoms with Crippen molar-refractivity contribution in [3.8, 4) is 6.07 Å². The molecule has 0 N–H and O–H groups in total. The number of methoxy groups -OCH3 is 1. The number of carbonyl (C=O) groups is 1. The molecule has 0 radical (unpaired) electrons. The van der Waals surface area contributed by atoms with Gasteiger partial charge < -0.3 is 9.64 Å². The van der Waals surface area contributed by atoms with E-state index in [4.69, 9.17) is 10.00 Å². The second kappa shape index (κ2) is 6.35. The number of nitriles is 1. The predicted octanol–water partition coefficient (Wildman–Crippen LogP) is 1.71. The van der Waals surface area contributed by atoms with Gasteiger partial charge in [-0.3, -0.25) is 4.79 Å². The van der Waals surface area contributed by atoms with Crippen molar-refractivity contribution in [3.05, 3.63) is 35.4 Å². The van der Waals surface area contributed by atoms with E-state index < -0.39 is 0 Å². The highest BCUT2D eigenvalue weighted by Crippen LogP contribution is 2.36. The Bertz CT molecular complexity index is 493. The average molecular weight is 258 g/mol.